The molecular formula is C32H40BrN3O4S. The van der Waals surface area contributed by atoms with Crippen LogP contribution < -0.4 is 9.62 Å². The van der Waals surface area contributed by atoms with Gasteiger partial charge in [0.1, 0.15) is 6.04 Å². The number of rotatable bonds is 14. The smallest absolute Gasteiger partial charge is 0.243 e. The summed E-state index contributed by atoms with van der Waals surface area (Å²) in [5.41, 5.74) is 3.44. The molecule has 0 saturated carbocycles. The lowest BCUT2D eigenvalue weighted by molar-refractivity contribution is -0.141. The average Bonchev–Trinajstić information content (AvgIpc) is 2.93. The van der Waals surface area contributed by atoms with E-state index in [9.17, 15) is 18.0 Å². The second-order valence-electron chi connectivity index (χ2n) is 10.8. The molecule has 0 unspecified atom stereocenters. The highest BCUT2D eigenvalue weighted by Gasteiger charge is 2.30. The number of amides is 2. The van der Waals surface area contributed by atoms with Crippen LogP contribution >= 0.6 is 15.9 Å². The van der Waals surface area contributed by atoms with Crippen molar-refractivity contribution < 1.29 is 18.0 Å². The first-order chi connectivity index (χ1) is 19.4. The Kier molecular flexibility index (Phi) is 12.0. The summed E-state index contributed by atoms with van der Waals surface area (Å²) in [7, 11) is -3.55. The molecule has 0 fully saturated rings. The second kappa shape index (κ2) is 15.2. The molecule has 1 atom stereocenters. The average molecular weight is 643 g/mol. The Labute approximate surface area is 253 Å². The Hall–Kier alpha value is -3.17. The number of aryl methyl sites for hydroxylation is 1. The molecule has 7 nitrogen and oxygen atoms in total. The van der Waals surface area contributed by atoms with Crippen molar-refractivity contribution in [2.24, 2.45) is 5.92 Å². The Balaban J connectivity index is 1.87. The van der Waals surface area contributed by atoms with Crippen LogP contribution in [-0.2, 0) is 32.6 Å². The predicted octanol–water partition coefficient (Wildman–Crippen LogP) is 5.72. The summed E-state index contributed by atoms with van der Waals surface area (Å²) < 4.78 is 27.4. The van der Waals surface area contributed by atoms with Crippen LogP contribution in [0.15, 0.2) is 83.3 Å². The number of carbonyl (C=O) groups excluding carboxylic acids is 2. The zero-order chi connectivity index (χ0) is 30.0. The Bertz CT molecular complexity index is 1380. The van der Waals surface area contributed by atoms with Gasteiger partial charge >= 0.3 is 0 Å². The van der Waals surface area contributed by atoms with E-state index < -0.39 is 16.1 Å². The van der Waals surface area contributed by atoms with E-state index in [1.165, 1.54) is 10.6 Å². The molecule has 0 heterocycles. The molecule has 0 bridgehead atoms. The molecule has 3 rings (SSSR count). The van der Waals surface area contributed by atoms with E-state index in [4.69, 9.17) is 0 Å². The third-order valence-electron chi connectivity index (χ3n) is 6.70. The highest BCUT2D eigenvalue weighted by atomic mass is 79.9. The van der Waals surface area contributed by atoms with Crippen molar-refractivity contribution in [2.45, 2.75) is 52.6 Å². The Morgan fingerprint density at radius 3 is 2.12 bits per heavy atom. The molecule has 3 aromatic carbocycles. The quantitative estimate of drug-likeness (QED) is 0.244. The van der Waals surface area contributed by atoms with Crippen LogP contribution in [0.25, 0.3) is 0 Å². The van der Waals surface area contributed by atoms with E-state index in [2.05, 4.69) is 21.2 Å². The number of halogens is 1. The van der Waals surface area contributed by atoms with Crippen molar-refractivity contribution in [2.75, 3.05) is 23.7 Å². The first-order valence-corrected chi connectivity index (χ1v) is 16.5. The van der Waals surface area contributed by atoms with Gasteiger partial charge in [-0.25, -0.2) is 8.42 Å². The van der Waals surface area contributed by atoms with E-state index in [1.54, 1.807) is 17.0 Å². The van der Waals surface area contributed by atoms with Gasteiger partial charge in [0, 0.05) is 36.9 Å². The minimum Gasteiger partial charge on any atom is -0.354 e. The van der Waals surface area contributed by atoms with Gasteiger partial charge in [0.25, 0.3) is 0 Å². The van der Waals surface area contributed by atoms with Crippen molar-refractivity contribution in [3.05, 3.63) is 100 Å². The third kappa shape index (κ3) is 10.3. The predicted molar refractivity (Wildman–Crippen MR) is 169 cm³/mol. The van der Waals surface area contributed by atoms with Crippen LogP contribution in [0.3, 0.4) is 0 Å². The van der Waals surface area contributed by atoms with Gasteiger partial charge < -0.3 is 10.2 Å². The fraction of sp³-hybridized carbons (Fsp3) is 0.375. The summed E-state index contributed by atoms with van der Waals surface area (Å²) in [6, 6.07) is 23.9. The lowest BCUT2D eigenvalue weighted by Gasteiger charge is -2.32. The molecule has 0 spiro atoms. The molecule has 1 N–H and O–H groups in total. The summed E-state index contributed by atoms with van der Waals surface area (Å²) >= 11 is 3.46. The Morgan fingerprint density at radius 2 is 1.54 bits per heavy atom. The number of sulfonamides is 1. The van der Waals surface area contributed by atoms with Crippen LogP contribution in [0, 0.1) is 12.8 Å². The SMILES string of the molecule is Cc1ccc(N(CCCC(=O)N(Cc2ccc(Br)cc2)[C@H](Cc2ccccc2)C(=O)NCC(C)C)S(C)(=O)=O)cc1. The maximum atomic E-state index is 13.9. The molecule has 0 aliphatic rings. The number of benzene rings is 3. The van der Waals surface area contributed by atoms with E-state index in [0.29, 0.717) is 25.1 Å². The molecule has 41 heavy (non-hydrogen) atoms. The molecule has 2 amide bonds. The monoisotopic (exact) mass is 641 g/mol. The summed E-state index contributed by atoms with van der Waals surface area (Å²) in [6.07, 6.45) is 1.94. The van der Waals surface area contributed by atoms with Crippen molar-refractivity contribution in [3.8, 4) is 0 Å². The highest BCUT2D eigenvalue weighted by molar-refractivity contribution is 9.10. The lowest BCUT2D eigenvalue weighted by Crippen LogP contribution is -2.51. The molecular weight excluding hydrogens is 602 g/mol. The van der Waals surface area contributed by atoms with Gasteiger partial charge in [0.2, 0.25) is 21.8 Å². The number of anilines is 1. The van der Waals surface area contributed by atoms with E-state index in [-0.39, 0.29) is 37.2 Å². The number of nitrogens with zero attached hydrogens (tertiary/aromatic N) is 2. The lowest BCUT2D eigenvalue weighted by atomic mass is 10.0. The van der Waals surface area contributed by atoms with E-state index in [0.717, 1.165) is 21.2 Å². The fourth-order valence-corrected chi connectivity index (χ4v) is 5.71. The summed E-state index contributed by atoms with van der Waals surface area (Å²) in [5.74, 6) is -0.146. The topological polar surface area (TPSA) is 86.8 Å². The van der Waals surface area contributed by atoms with Gasteiger partial charge in [0.15, 0.2) is 0 Å². The summed E-state index contributed by atoms with van der Waals surface area (Å²) in [4.78, 5) is 29.1. The van der Waals surface area contributed by atoms with Gasteiger partial charge in [-0.2, -0.15) is 0 Å². The Morgan fingerprint density at radius 1 is 0.902 bits per heavy atom. The molecule has 3 aromatic rings. The number of hydrogen-bond donors (Lipinski definition) is 1. The number of hydrogen-bond acceptors (Lipinski definition) is 4. The molecule has 0 aliphatic carbocycles. The van der Waals surface area contributed by atoms with Crippen molar-refractivity contribution in [3.63, 3.8) is 0 Å². The standard InChI is InChI=1S/C32H40BrN3O4S/c1-24(2)22-34-32(38)30(21-26-9-6-5-7-10-26)35(23-27-14-16-28(33)17-15-27)31(37)11-8-20-36(41(4,39)40)29-18-12-25(3)13-19-29/h5-7,9-10,12-19,24,30H,8,11,20-23H2,1-4H3,(H,34,38)/t30-/m1/s1. The van der Waals surface area contributed by atoms with E-state index >= 15 is 0 Å². The summed E-state index contributed by atoms with van der Waals surface area (Å²) in [5, 5.41) is 3.03. The van der Waals surface area contributed by atoms with Gasteiger partial charge in [-0.1, -0.05) is 89.9 Å². The third-order valence-corrected chi connectivity index (χ3v) is 8.42. The van der Waals surface area contributed by atoms with Crippen LogP contribution in [0.1, 0.15) is 43.4 Å². The van der Waals surface area contributed by atoms with Crippen LogP contribution in [0.5, 0.6) is 0 Å². The van der Waals surface area contributed by atoms with Crippen molar-refractivity contribution in [1.82, 2.24) is 10.2 Å². The van der Waals surface area contributed by atoms with Crippen LogP contribution in [0.4, 0.5) is 5.69 Å². The van der Waals surface area contributed by atoms with Gasteiger partial charge in [-0.3, -0.25) is 13.9 Å². The zero-order valence-corrected chi connectivity index (χ0v) is 26.6. The minimum atomic E-state index is -3.55. The molecule has 220 valence electrons. The maximum absolute atomic E-state index is 13.9. The number of carbonyl (C=O) groups is 2. The number of nitrogens with one attached hydrogen (secondary N) is 1. The largest absolute Gasteiger partial charge is 0.354 e. The van der Waals surface area contributed by atoms with Gasteiger partial charge in [-0.15, -0.1) is 0 Å². The van der Waals surface area contributed by atoms with Gasteiger partial charge in [0.05, 0.1) is 11.9 Å². The van der Waals surface area contributed by atoms with E-state index in [1.807, 2.05) is 87.5 Å². The maximum Gasteiger partial charge on any atom is 0.243 e. The molecule has 0 aliphatic heterocycles. The first kappa shape index (κ1) is 32.3. The summed E-state index contributed by atoms with van der Waals surface area (Å²) in [6.45, 7) is 6.91. The van der Waals surface area contributed by atoms with Crippen LogP contribution in [-0.4, -0.2) is 50.5 Å². The molecule has 9 heteroatoms. The molecule has 0 radical (unpaired) electrons. The highest BCUT2D eigenvalue weighted by Crippen LogP contribution is 2.21. The fourth-order valence-electron chi connectivity index (χ4n) is 4.48. The van der Waals surface area contributed by atoms with Gasteiger partial charge in [-0.05, 0) is 54.7 Å². The normalized spacial score (nSPS) is 12.1. The van der Waals surface area contributed by atoms with Crippen molar-refractivity contribution in [1.29, 1.82) is 0 Å². The van der Waals surface area contributed by atoms with Crippen molar-refractivity contribution >= 4 is 43.5 Å². The molecule has 0 saturated heterocycles. The second-order valence-corrected chi connectivity index (χ2v) is 13.6. The minimum absolute atomic E-state index is 0.0944. The molecule has 0 aromatic heterocycles. The van der Waals surface area contributed by atoms with Crippen LogP contribution in [0.2, 0.25) is 0 Å². The first-order valence-electron chi connectivity index (χ1n) is 13.8. The zero-order valence-electron chi connectivity index (χ0n) is 24.2.